The minimum atomic E-state index is -0.577. The molecule has 0 saturated carbocycles. The van der Waals surface area contributed by atoms with Gasteiger partial charge in [0.25, 0.3) is 0 Å². The van der Waals surface area contributed by atoms with Gasteiger partial charge in [0.05, 0.1) is 24.9 Å². The minimum Gasteiger partial charge on any atom is -0.389 e. The first-order valence-electron chi connectivity index (χ1n) is 7.06. The molecular formula is C15H27NO3. The van der Waals surface area contributed by atoms with Crippen LogP contribution in [0.2, 0.25) is 0 Å². The molecule has 1 rings (SSSR count). The maximum Gasteiger partial charge on any atom is 0.125 e. The number of aliphatic hydroxyl groups is 1. The Bertz CT molecular complexity index is 305. The van der Waals surface area contributed by atoms with Crippen LogP contribution in [0.1, 0.15) is 34.1 Å². The molecule has 0 bridgehead atoms. The molecule has 1 fully saturated rings. The van der Waals surface area contributed by atoms with E-state index < -0.39 is 11.7 Å². The van der Waals surface area contributed by atoms with Crippen molar-refractivity contribution in [3.8, 4) is 12.3 Å². The Morgan fingerprint density at radius 3 is 2.53 bits per heavy atom. The first-order valence-corrected chi connectivity index (χ1v) is 7.06. The van der Waals surface area contributed by atoms with Gasteiger partial charge >= 0.3 is 0 Å². The molecule has 0 spiro atoms. The Labute approximate surface area is 117 Å². The highest BCUT2D eigenvalue weighted by atomic mass is 16.5. The molecule has 1 N–H and O–H groups in total. The summed E-state index contributed by atoms with van der Waals surface area (Å²) in [7, 11) is 0. The first-order chi connectivity index (χ1) is 8.88. The highest BCUT2D eigenvalue weighted by molar-refractivity contribution is 5.05. The zero-order valence-corrected chi connectivity index (χ0v) is 12.6. The van der Waals surface area contributed by atoms with E-state index in [9.17, 15) is 5.11 Å². The molecule has 0 unspecified atom stereocenters. The highest BCUT2D eigenvalue weighted by Gasteiger charge is 2.25. The van der Waals surface area contributed by atoms with Crippen molar-refractivity contribution < 1.29 is 14.6 Å². The van der Waals surface area contributed by atoms with Gasteiger partial charge in [-0.05, 0) is 27.2 Å². The largest absolute Gasteiger partial charge is 0.389 e. The van der Waals surface area contributed by atoms with E-state index in [4.69, 9.17) is 15.9 Å². The zero-order chi connectivity index (χ0) is 14.5. The summed E-state index contributed by atoms with van der Waals surface area (Å²) >= 11 is 0. The first kappa shape index (κ1) is 16.5. The molecule has 1 saturated heterocycles. The van der Waals surface area contributed by atoms with E-state index in [1.54, 1.807) is 0 Å². The molecule has 4 atom stereocenters. The van der Waals surface area contributed by atoms with Crippen molar-refractivity contribution in [1.82, 2.24) is 4.90 Å². The summed E-state index contributed by atoms with van der Waals surface area (Å²) in [4.78, 5) is 2.21. The van der Waals surface area contributed by atoms with Crippen LogP contribution < -0.4 is 0 Å². The number of rotatable bonds is 6. The fraction of sp³-hybridized carbons (Fsp3) is 0.867. The smallest absolute Gasteiger partial charge is 0.125 e. The number of ether oxygens (including phenoxy) is 2. The molecule has 4 heteroatoms. The van der Waals surface area contributed by atoms with Gasteiger partial charge in [0, 0.05) is 19.6 Å². The normalized spacial score (nSPS) is 29.5. The van der Waals surface area contributed by atoms with E-state index in [1.807, 2.05) is 13.8 Å². The highest BCUT2D eigenvalue weighted by Crippen LogP contribution is 2.15. The summed E-state index contributed by atoms with van der Waals surface area (Å²) < 4.78 is 11.3. The van der Waals surface area contributed by atoms with Crippen LogP contribution in [0.15, 0.2) is 0 Å². The van der Waals surface area contributed by atoms with Crippen LogP contribution >= 0.6 is 0 Å². The van der Waals surface area contributed by atoms with Gasteiger partial charge in [0.1, 0.15) is 5.60 Å². The molecule has 19 heavy (non-hydrogen) atoms. The molecule has 0 aromatic carbocycles. The second-order valence-electron chi connectivity index (χ2n) is 5.67. The summed E-state index contributed by atoms with van der Waals surface area (Å²) in [6, 6.07) is 0. The van der Waals surface area contributed by atoms with E-state index in [1.165, 1.54) is 0 Å². The number of terminal acetylenes is 1. The summed E-state index contributed by atoms with van der Waals surface area (Å²) in [6.07, 6.45) is 6.08. The molecule has 0 aromatic heterocycles. The van der Waals surface area contributed by atoms with Crippen LogP contribution in [0.25, 0.3) is 0 Å². The van der Waals surface area contributed by atoms with E-state index in [0.717, 1.165) is 19.5 Å². The van der Waals surface area contributed by atoms with Gasteiger partial charge in [-0.1, -0.05) is 12.8 Å². The lowest BCUT2D eigenvalue weighted by atomic mass is 10.1. The number of aliphatic hydroxyl groups excluding tert-OH is 1. The van der Waals surface area contributed by atoms with Crippen molar-refractivity contribution in [2.75, 3.05) is 26.2 Å². The predicted octanol–water partition coefficient (Wildman–Crippen LogP) is 1.27. The SMILES string of the molecule is C#C[C@](C)(CC)OC[C@H](O)CN1C[C@H](C)O[C@@H](C)C1. The van der Waals surface area contributed by atoms with Gasteiger partial charge in [0.15, 0.2) is 0 Å². The Hall–Kier alpha value is -0.600. The lowest BCUT2D eigenvalue weighted by Gasteiger charge is -2.36. The monoisotopic (exact) mass is 269 g/mol. The molecule has 4 nitrogen and oxygen atoms in total. The topological polar surface area (TPSA) is 41.9 Å². The standard InChI is InChI=1S/C15H27NO3/c1-6-15(5,7-2)18-11-14(17)10-16-8-12(3)19-13(4)9-16/h1,12-14,17H,7-11H2,2-5H3/t12-,13-,14+,15+/m0/s1. The van der Waals surface area contributed by atoms with Crippen molar-refractivity contribution in [1.29, 1.82) is 0 Å². The lowest BCUT2D eigenvalue weighted by molar-refractivity contribution is -0.0904. The van der Waals surface area contributed by atoms with Crippen molar-refractivity contribution >= 4 is 0 Å². The maximum absolute atomic E-state index is 10.1. The Kier molecular flexibility index (Phi) is 6.28. The zero-order valence-electron chi connectivity index (χ0n) is 12.6. The quantitative estimate of drug-likeness (QED) is 0.738. The van der Waals surface area contributed by atoms with Crippen molar-refractivity contribution in [2.45, 2.75) is 58.0 Å². The Morgan fingerprint density at radius 1 is 1.47 bits per heavy atom. The molecule has 110 valence electrons. The van der Waals surface area contributed by atoms with Crippen LogP contribution in [0.4, 0.5) is 0 Å². The lowest BCUT2D eigenvalue weighted by Crippen LogP contribution is -2.49. The van der Waals surface area contributed by atoms with Crippen LogP contribution in [0, 0.1) is 12.3 Å². The summed E-state index contributed by atoms with van der Waals surface area (Å²) in [5, 5.41) is 10.1. The average molecular weight is 269 g/mol. The van der Waals surface area contributed by atoms with E-state index >= 15 is 0 Å². The molecule has 1 aliphatic rings. The Morgan fingerprint density at radius 2 is 2.05 bits per heavy atom. The number of hydrogen-bond acceptors (Lipinski definition) is 4. The summed E-state index contributed by atoms with van der Waals surface area (Å²) in [5.41, 5.74) is -0.577. The molecule has 0 aliphatic carbocycles. The molecular weight excluding hydrogens is 242 g/mol. The summed E-state index contributed by atoms with van der Waals surface area (Å²) in [6.45, 7) is 10.5. The molecule has 0 amide bonds. The predicted molar refractivity (Wildman–Crippen MR) is 75.9 cm³/mol. The third-order valence-electron chi connectivity index (χ3n) is 3.54. The Balaban J connectivity index is 2.35. The molecule has 1 aliphatic heterocycles. The van der Waals surface area contributed by atoms with Crippen molar-refractivity contribution in [3.05, 3.63) is 0 Å². The number of β-amino-alcohol motifs (C(OH)–C–C–N with tert-alkyl or cyclic N) is 1. The number of hydrogen-bond donors (Lipinski definition) is 1. The number of morpholine rings is 1. The fourth-order valence-electron chi connectivity index (χ4n) is 2.31. The molecule has 0 radical (unpaired) electrons. The third kappa shape index (κ3) is 5.50. The molecule has 1 heterocycles. The van der Waals surface area contributed by atoms with E-state index in [0.29, 0.717) is 6.54 Å². The van der Waals surface area contributed by atoms with E-state index in [-0.39, 0.29) is 18.8 Å². The average Bonchev–Trinajstić information content (AvgIpc) is 2.35. The van der Waals surface area contributed by atoms with Gasteiger partial charge in [-0.2, -0.15) is 0 Å². The fourth-order valence-corrected chi connectivity index (χ4v) is 2.31. The van der Waals surface area contributed by atoms with Gasteiger partial charge in [-0.15, -0.1) is 6.42 Å². The van der Waals surface area contributed by atoms with E-state index in [2.05, 4.69) is 24.7 Å². The van der Waals surface area contributed by atoms with Crippen LogP contribution in [-0.2, 0) is 9.47 Å². The van der Waals surface area contributed by atoms with Gasteiger partial charge in [-0.3, -0.25) is 4.90 Å². The van der Waals surface area contributed by atoms with Crippen LogP contribution in [-0.4, -0.2) is 60.2 Å². The van der Waals surface area contributed by atoms with Crippen LogP contribution in [0.5, 0.6) is 0 Å². The van der Waals surface area contributed by atoms with Gasteiger partial charge < -0.3 is 14.6 Å². The maximum atomic E-state index is 10.1. The van der Waals surface area contributed by atoms with Gasteiger partial charge in [-0.25, -0.2) is 0 Å². The minimum absolute atomic E-state index is 0.212. The second kappa shape index (κ2) is 7.25. The third-order valence-corrected chi connectivity index (χ3v) is 3.54. The second-order valence-corrected chi connectivity index (χ2v) is 5.67. The molecule has 0 aromatic rings. The summed E-state index contributed by atoms with van der Waals surface area (Å²) in [5.74, 6) is 2.63. The van der Waals surface area contributed by atoms with Crippen LogP contribution in [0.3, 0.4) is 0 Å². The van der Waals surface area contributed by atoms with Gasteiger partial charge in [0.2, 0.25) is 0 Å². The van der Waals surface area contributed by atoms with Crippen molar-refractivity contribution in [2.24, 2.45) is 0 Å². The number of nitrogens with zero attached hydrogens (tertiary/aromatic N) is 1. The van der Waals surface area contributed by atoms with Crippen molar-refractivity contribution in [3.63, 3.8) is 0 Å².